The maximum atomic E-state index is 5.84. The second-order valence-electron chi connectivity index (χ2n) is 4.94. The Morgan fingerprint density at radius 1 is 1.11 bits per heavy atom. The Balaban J connectivity index is 1.60. The Bertz CT molecular complexity index is 517. The first-order valence-electron chi connectivity index (χ1n) is 6.77. The summed E-state index contributed by atoms with van der Waals surface area (Å²) in [4.78, 5) is 0. The SMILES string of the molecule is c1ccc2cc(OCCC3CCCN3)ccc2c1. The monoisotopic (exact) mass is 241 g/mol. The van der Waals surface area contributed by atoms with Gasteiger partial charge in [0.15, 0.2) is 0 Å². The van der Waals surface area contributed by atoms with E-state index in [1.54, 1.807) is 0 Å². The zero-order valence-electron chi connectivity index (χ0n) is 10.6. The van der Waals surface area contributed by atoms with E-state index in [9.17, 15) is 0 Å². The van der Waals surface area contributed by atoms with E-state index in [-0.39, 0.29) is 0 Å². The van der Waals surface area contributed by atoms with Gasteiger partial charge in [-0.3, -0.25) is 0 Å². The van der Waals surface area contributed by atoms with E-state index in [1.165, 1.54) is 30.2 Å². The van der Waals surface area contributed by atoms with Crippen molar-refractivity contribution in [3.63, 3.8) is 0 Å². The summed E-state index contributed by atoms with van der Waals surface area (Å²) in [7, 11) is 0. The van der Waals surface area contributed by atoms with Gasteiger partial charge in [0.05, 0.1) is 6.61 Å². The lowest BCUT2D eigenvalue weighted by Crippen LogP contribution is -2.23. The first kappa shape index (κ1) is 11.5. The summed E-state index contributed by atoms with van der Waals surface area (Å²) >= 11 is 0. The number of fused-ring (bicyclic) bond motifs is 1. The molecule has 2 heteroatoms. The van der Waals surface area contributed by atoms with E-state index in [0.29, 0.717) is 6.04 Å². The number of ether oxygens (including phenoxy) is 1. The van der Waals surface area contributed by atoms with Gasteiger partial charge in [-0.2, -0.15) is 0 Å². The maximum absolute atomic E-state index is 5.84. The summed E-state index contributed by atoms with van der Waals surface area (Å²) < 4.78 is 5.84. The van der Waals surface area contributed by atoms with Crippen LogP contribution in [0.25, 0.3) is 10.8 Å². The molecule has 18 heavy (non-hydrogen) atoms. The van der Waals surface area contributed by atoms with Crippen LogP contribution in [-0.4, -0.2) is 19.2 Å². The second-order valence-corrected chi connectivity index (χ2v) is 4.94. The highest BCUT2D eigenvalue weighted by Crippen LogP contribution is 2.21. The third-order valence-corrected chi connectivity index (χ3v) is 3.62. The van der Waals surface area contributed by atoms with Crippen LogP contribution in [0.4, 0.5) is 0 Å². The first-order chi connectivity index (χ1) is 8.92. The van der Waals surface area contributed by atoms with Gasteiger partial charge in [0.25, 0.3) is 0 Å². The minimum atomic E-state index is 0.658. The highest BCUT2D eigenvalue weighted by molar-refractivity contribution is 5.83. The summed E-state index contributed by atoms with van der Waals surface area (Å²) in [5, 5.41) is 6.00. The molecular weight excluding hydrogens is 222 g/mol. The fraction of sp³-hybridized carbons (Fsp3) is 0.375. The molecule has 1 fully saturated rings. The minimum Gasteiger partial charge on any atom is -0.494 e. The van der Waals surface area contributed by atoms with E-state index >= 15 is 0 Å². The van der Waals surface area contributed by atoms with Gasteiger partial charge < -0.3 is 10.1 Å². The van der Waals surface area contributed by atoms with E-state index in [2.05, 4.69) is 47.8 Å². The smallest absolute Gasteiger partial charge is 0.119 e. The van der Waals surface area contributed by atoms with Gasteiger partial charge in [-0.05, 0) is 48.7 Å². The van der Waals surface area contributed by atoms with E-state index in [0.717, 1.165) is 18.8 Å². The highest BCUT2D eigenvalue weighted by Gasteiger charge is 2.13. The minimum absolute atomic E-state index is 0.658. The molecule has 1 heterocycles. The van der Waals surface area contributed by atoms with Crippen LogP contribution < -0.4 is 10.1 Å². The second kappa shape index (κ2) is 5.40. The summed E-state index contributed by atoms with van der Waals surface area (Å²) in [5.41, 5.74) is 0. The molecule has 1 unspecified atom stereocenters. The van der Waals surface area contributed by atoms with Crippen molar-refractivity contribution in [2.24, 2.45) is 0 Å². The fourth-order valence-corrected chi connectivity index (χ4v) is 2.58. The van der Waals surface area contributed by atoms with E-state index in [1.807, 2.05) is 0 Å². The van der Waals surface area contributed by atoms with Crippen molar-refractivity contribution in [3.8, 4) is 5.75 Å². The zero-order valence-corrected chi connectivity index (χ0v) is 10.6. The largest absolute Gasteiger partial charge is 0.494 e. The molecule has 0 aromatic heterocycles. The summed E-state index contributed by atoms with van der Waals surface area (Å²) in [6, 6.07) is 15.3. The quantitative estimate of drug-likeness (QED) is 0.886. The lowest BCUT2D eigenvalue weighted by atomic mass is 10.1. The molecule has 1 N–H and O–H groups in total. The number of nitrogens with one attached hydrogen (secondary N) is 1. The standard InChI is InChI=1S/C16H19NO/c1-2-5-14-12-16(8-7-13(14)4-1)18-11-9-15-6-3-10-17-15/h1-2,4-5,7-8,12,15,17H,3,6,9-11H2. The zero-order chi connectivity index (χ0) is 12.2. The van der Waals surface area contributed by atoms with Gasteiger partial charge >= 0.3 is 0 Å². The van der Waals surface area contributed by atoms with Crippen molar-refractivity contribution in [2.75, 3.05) is 13.2 Å². The Hall–Kier alpha value is -1.54. The van der Waals surface area contributed by atoms with Crippen molar-refractivity contribution in [3.05, 3.63) is 42.5 Å². The van der Waals surface area contributed by atoms with Crippen LogP contribution in [0, 0.1) is 0 Å². The van der Waals surface area contributed by atoms with E-state index in [4.69, 9.17) is 4.74 Å². The van der Waals surface area contributed by atoms with Crippen LogP contribution in [-0.2, 0) is 0 Å². The molecule has 0 saturated carbocycles. The molecule has 0 radical (unpaired) electrons. The number of hydrogen-bond donors (Lipinski definition) is 1. The average molecular weight is 241 g/mol. The molecule has 3 rings (SSSR count). The summed E-state index contributed by atoms with van der Waals surface area (Å²) in [6.07, 6.45) is 3.70. The number of hydrogen-bond acceptors (Lipinski definition) is 2. The molecule has 0 spiro atoms. The number of rotatable bonds is 4. The molecule has 1 atom stereocenters. The molecule has 2 aromatic rings. The van der Waals surface area contributed by atoms with Gasteiger partial charge in [-0.25, -0.2) is 0 Å². The Morgan fingerprint density at radius 2 is 2.00 bits per heavy atom. The van der Waals surface area contributed by atoms with Crippen LogP contribution in [0.15, 0.2) is 42.5 Å². The third kappa shape index (κ3) is 2.65. The molecule has 1 aliphatic heterocycles. The maximum Gasteiger partial charge on any atom is 0.119 e. The van der Waals surface area contributed by atoms with Crippen LogP contribution in [0.3, 0.4) is 0 Å². The highest BCUT2D eigenvalue weighted by atomic mass is 16.5. The van der Waals surface area contributed by atoms with Crippen molar-refractivity contribution in [1.29, 1.82) is 0 Å². The molecule has 1 aliphatic rings. The van der Waals surface area contributed by atoms with Gasteiger partial charge in [0, 0.05) is 6.04 Å². The normalized spacial score (nSPS) is 19.2. The molecule has 0 aliphatic carbocycles. The molecule has 2 nitrogen and oxygen atoms in total. The molecule has 0 bridgehead atoms. The van der Waals surface area contributed by atoms with Gasteiger partial charge in [0.2, 0.25) is 0 Å². The fourth-order valence-electron chi connectivity index (χ4n) is 2.58. The van der Waals surface area contributed by atoms with Crippen LogP contribution >= 0.6 is 0 Å². The Morgan fingerprint density at radius 3 is 2.83 bits per heavy atom. The predicted molar refractivity (Wildman–Crippen MR) is 75.1 cm³/mol. The third-order valence-electron chi connectivity index (χ3n) is 3.62. The molecule has 0 amide bonds. The summed E-state index contributed by atoms with van der Waals surface area (Å²) in [6.45, 7) is 1.97. The van der Waals surface area contributed by atoms with Crippen LogP contribution in [0.2, 0.25) is 0 Å². The van der Waals surface area contributed by atoms with Crippen molar-refractivity contribution < 1.29 is 4.74 Å². The van der Waals surface area contributed by atoms with Gasteiger partial charge in [-0.15, -0.1) is 0 Å². The molecule has 2 aromatic carbocycles. The predicted octanol–water partition coefficient (Wildman–Crippen LogP) is 3.36. The van der Waals surface area contributed by atoms with Crippen LogP contribution in [0.5, 0.6) is 5.75 Å². The molecule has 1 saturated heterocycles. The molecule has 94 valence electrons. The average Bonchev–Trinajstić information content (AvgIpc) is 2.92. The lowest BCUT2D eigenvalue weighted by molar-refractivity contribution is 0.292. The topological polar surface area (TPSA) is 21.3 Å². The van der Waals surface area contributed by atoms with Crippen LogP contribution in [0.1, 0.15) is 19.3 Å². The first-order valence-corrected chi connectivity index (χ1v) is 6.77. The van der Waals surface area contributed by atoms with Crippen molar-refractivity contribution >= 4 is 10.8 Å². The number of benzene rings is 2. The Kier molecular flexibility index (Phi) is 3.47. The van der Waals surface area contributed by atoms with Crippen molar-refractivity contribution in [1.82, 2.24) is 5.32 Å². The van der Waals surface area contributed by atoms with Crippen molar-refractivity contribution in [2.45, 2.75) is 25.3 Å². The Labute approximate surface area is 108 Å². The van der Waals surface area contributed by atoms with Gasteiger partial charge in [0.1, 0.15) is 5.75 Å². The van der Waals surface area contributed by atoms with E-state index < -0.39 is 0 Å². The summed E-state index contributed by atoms with van der Waals surface area (Å²) in [5.74, 6) is 0.978. The lowest BCUT2D eigenvalue weighted by Gasteiger charge is -2.11. The molecular formula is C16H19NO. The van der Waals surface area contributed by atoms with Gasteiger partial charge in [-0.1, -0.05) is 30.3 Å².